The molecular weight excluding hydrogens is 420 g/mol. The Bertz CT molecular complexity index is 1180. The Hall–Kier alpha value is -3.74. The third-order valence-electron chi connectivity index (χ3n) is 6.11. The van der Waals surface area contributed by atoms with E-state index < -0.39 is 16.8 Å². The molecule has 1 aliphatic heterocycles. The number of carbonyl (C=O) groups excluding carboxylic acids is 2. The minimum absolute atomic E-state index is 0.00618. The van der Waals surface area contributed by atoms with Crippen LogP contribution in [0.5, 0.6) is 0 Å². The summed E-state index contributed by atoms with van der Waals surface area (Å²) in [6.07, 6.45) is 0.475. The monoisotopic (exact) mass is 446 g/mol. The van der Waals surface area contributed by atoms with Gasteiger partial charge in [-0.3, -0.25) is 14.9 Å². The highest BCUT2D eigenvalue weighted by Crippen LogP contribution is 2.47. The van der Waals surface area contributed by atoms with Gasteiger partial charge in [0.05, 0.1) is 22.5 Å². The lowest BCUT2D eigenvalue weighted by atomic mass is 9.71. The maximum Gasteiger partial charge on any atom is 0.337 e. The summed E-state index contributed by atoms with van der Waals surface area (Å²) < 4.78 is 5.48. The average molecular weight is 447 g/mol. The maximum absolute atomic E-state index is 13.5. The molecule has 0 saturated carbocycles. The molecule has 33 heavy (non-hydrogen) atoms. The number of rotatable bonds is 5. The van der Waals surface area contributed by atoms with E-state index in [0.717, 1.165) is 5.56 Å². The van der Waals surface area contributed by atoms with E-state index in [1.807, 2.05) is 30.3 Å². The van der Waals surface area contributed by atoms with Crippen molar-refractivity contribution in [1.82, 2.24) is 5.32 Å². The van der Waals surface area contributed by atoms with Gasteiger partial charge < -0.3 is 10.1 Å². The Labute approximate surface area is 192 Å². The van der Waals surface area contributed by atoms with Gasteiger partial charge in [0.15, 0.2) is 5.78 Å². The summed E-state index contributed by atoms with van der Waals surface area (Å²) in [5, 5.41) is 15.1. The van der Waals surface area contributed by atoms with Gasteiger partial charge in [-0.1, -0.05) is 48.5 Å². The zero-order chi connectivity index (χ0) is 23.7. The van der Waals surface area contributed by atoms with Crippen LogP contribution in [0.25, 0.3) is 0 Å². The van der Waals surface area contributed by atoms with Crippen LogP contribution in [-0.4, -0.2) is 22.8 Å². The predicted molar refractivity (Wildman–Crippen MR) is 123 cm³/mol. The zero-order valence-corrected chi connectivity index (χ0v) is 18.8. The topological polar surface area (TPSA) is 98.5 Å². The van der Waals surface area contributed by atoms with Crippen LogP contribution in [0, 0.1) is 10.1 Å². The second-order valence-corrected chi connectivity index (χ2v) is 8.70. The standard InChI is InChI=1S/C26H26N2O5/c1-15(2)33-26(30)23-16(3)27-20-13-18(17-9-5-4-6-10-17)14-22(29)25(20)24(23)19-11-7-8-12-21(19)28(31)32/h4-12,15,18,24,27H,13-14H2,1-3H3/t18-,24-/m1/s1. The minimum atomic E-state index is -0.863. The van der Waals surface area contributed by atoms with Crippen molar-refractivity contribution < 1.29 is 19.2 Å². The molecular formula is C26H26N2O5. The molecule has 2 aromatic carbocycles. The fourth-order valence-corrected chi connectivity index (χ4v) is 4.76. The quantitative estimate of drug-likeness (QED) is 0.398. The van der Waals surface area contributed by atoms with Crippen LogP contribution >= 0.6 is 0 Å². The molecule has 0 bridgehead atoms. The van der Waals surface area contributed by atoms with E-state index in [1.54, 1.807) is 39.0 Å². The maximum atomic E-state index is 13.5. The van der Waals surface area contributed by atoms with Crippen molar-refractivity contribution in [2.75, 3.05) is 0 Å². The normalized spacial score (nSPS) is 20.4. The highest BCUT2D eigenvalue weighted by molar-refractivity contribution is 6.04. The summed E-state index contributed by atoms with van der Waals surface area (Å²) in [4.78, 5) is 38.0. The summed E-state index contributed by atoms with van der Waals surface area (Å²) in [6, 6.07) is 16.1. The molecule has 2 atom stereocenters. The number of hydrogen-bond acceptors (Lipinski definition) is 6. The van der Waals surface area contributed by atoms with Gasteiger partial charge in [0.2, 0.25) is 0 Å². The number of dihydropyridines is 1. The summed E-state index contributed by atoms with van der Waals surface area (Å²) in [5.74, 6) is -1.57. The number of hydrogen-bond donors (Lipinski definition) is 1. The molecule has 0 fully saturated rings. The van der Waals surface area contributed by atoms with Crippen LogP contribution in [0.2, 0.25) is 0 Å². The number of ether oxygens (including phenoxy) is 1. The number of nitrogens with one attached hydrogen (secondary N) is 1. The molecule has 0 spiro atoms. The van der Waals surface area contributed by atoms with Gasteiger partial charge in [-0.25, -0.2) is 4.79 Å². The Morgan fingerprint density at radius 2 is 1.76 bits per heavy atom. The molecule has 0 aromatic heterocycles. The van der Waals surface area contributed by atoms with Gasteiger partial charge in [0.25, 0.3) is 5.69 Å². The molecule has 0 amide bonds. The van der Waals surface area contributed by atoms with Crippen LogP contribution in [0.4, 0.5) is 5.69 Å². The molecule has 7 heteroatoms. The number of Topliss-reactive ketones (excluding diaryl/α,β-unsaturated/α-hetero) is 1. The Morgan fingerprint density at radius 3 is 2.42 bits per heavy atom. The number of para-hydroxylation sites is 1. The van der Waals surface area contributed by atoms with Gasteiger partial charge in [0, 0.05) is 35.0 Å². The number of benzene rings is 2. The van der Waals surface area contributed by atoms with Crippen LogP contribution in [-0.2, 0) is 14.3 Å². The second-order valence-electron chi connectivity index (χ2n) is 8.70. The van der Waals surface area contributed by atoms with E-state index >= 15 is 0 Å². The molecule has 170 valence electrons. The van der Waals surface area contributed by atoms with Crippen molar-refractivity contribution >= 4 is 17.4 Å². The van der Waals surface area contributed by atoms with Gasteiger partial charge in [-0.2, -0.15) is 0 Å². The zero-order valence-electron chi connectivity index (χ0n) is 18.8. The van der Waals surface area contributed by atoms with Gasteiger partial charge in [0.1, 0.15) is 0 Å². The molecule has 2 aliphatic rings. The highest BCUT2D eigenvalue weighted by atomic mass is 16.6. The third kappa shape index (κ3) is 4.31. The molecule has 1 heterocycles. The largest absolute Gasteiger partial charge is 0.460 e. The number of nitro benzene ring substituents is 1. The number of allylic oxidation sites excluding steroid dienone is 3. The molecule has 0 unspecified atom stereocenters. The first-order valence-corrected chi connectivity index (χ1v) is 11.0. The van der Waals surface area contributed by atoms with Crippen LogP contribution < -0.4 is 5.32 Å². The predicted octanol–water partition coefficient (Wildman–Crippen LogP) is 4.91. The van der Waals surface area contributed by atoms with E-state index in [9.17, 15) is 19.7 Å². The van der Waals surface area contributed by atoms with Gasteiger partial charge in [-0.15, -0.1) is 0 Å². The van der Waals surface area contributed by atoms with Crippen molar-refractivity contribution in [2.45, 2.75) is 51.6 Å². The van der Waals surface area contributed by atoms with Crippen LogP contribution in [0.1, 0.15) is 56.6 Å². The molecule has 1 aliphatic carbocycles. The van der Waals surface area contributed by atoms with E-state index in [-0.39, 0.29) is 35.5 Å². The van der Waals surface area contributed by atoms with Crippen molar-refractivity contribution in [3.8, 4) is 0 Å². The lowest BCUT2D eigenvalue weighted by Gasteiger charge is -2.36. The SMILES string of the molecule is CC1=C(C(=O)OC(C)C)[C@@H](c2ccccc2[N+](=O)[O-])C2=C(C[C@@H](c3ccccc3)CC2=O)N1. The molecule has 2 aromatic rings. The molecule has 7 nitrogen and oxygen atoms in total. The first kappa shape index (κ1) is 22.5. The van der Waals surface area contributed by atoms with Crippen molar-refractivity contribution in [2.24, 2.45) is 0 Å². The van der Waals surface area contributed by atoms with Crippen molar-refractivity contribution in [1.29, 1.82) is 0 Å². The Morgan fingerprint density at radius 1 is 1.09 bits per heavy atom. The third-order valence-corrected chi connectivity index (χ3v) is 6.11. The molecule has 1 N–H and O–H groups in total. The molecule has 0 saturated heterocycles. The van der Waals surface area contributed by atoms with Crippen molar-refractivity contribution in [3.05, 3.63) is 98.4 Å². The first-order valence-electron chi connectivity index (χ1n) is 11.0. The van der Waals surface area contributed by atoms with Crippen LogP contribution in [0.3, 0.4) is 0 Å². The summed E-state index contributed by atoms with van der Waals surface area (Å²) in [7, 11) is 0. The number of nitrogens with zero attached hydrogens (tertiary/aromatic N) is 1. The van der Waals surface area contributed by atoms with Crippen molar-refractivity contribution in [3.63, 3.8) is 0 Å². The van der Waals surface area contributed by atoms with E-state index in [2.05, 4.69) is 5.32 Å². The molecule has 0 radical (unpaired) electrons. The van der Waals surface area contributed by atoms with E-state index in [1.165, 1.54) is 6.07 Å². The fourth-order valence-electron chi connectivity index (χ4n) is 4.76. The second kappa shape index (κ2) is 9.02. The summed E-state index contributed by atoms with van der Waals surface area (Å²) >= 11 is 0. The van der Waals surface area contributed by atoms with Gasteiger partial charge >= 0.3 is 5.97 Å². The lowest BCUT2D eigenvalue weighted by molar-refractivity contribution is -0.385. The first-order chi connectivity index (χ1) is 15.8. The van der Waals surface area contributed by atoms with Gasteiger partial charge in [-0.05, 0) is 38.7 Å². The van der Waals surface area contributed by atoms with Crippen LogP contribution in [0.15, 0.2) is 77.1 Å². The average Bonchev–Trinajstić information content (AvgIpc) is 2.78. The lowest BCUT2D eigenvalue weighted by Crippen LogP contribution is -2.36. The number of esters is 1. The summed E-state index contributed by atoms with van der Waals surface area (Å²) in [6.45, 7) is 5.23. The molecule has 4 rings (SSSR count). The smallest absolute Gasteiger partial charge is 0.337 e. The Balaban J connectivity index is 1.86. The minimum Gasteiger partial charge on any atom is -0.460 e. The van der Waals surface area contributed by atoms with E-state index in [0.29, 0.717) is 29.0 Å². The number of ketones is 1. The summed E-state index contributed by atoms with van der Waals surface area (Å²) in [5.41, 5.74) is 3.16. The fraction of sp³-hybridized carbons (Fsp3) is 0.308. The number of carbonyl (C=O) groups is 2. The van der Waals surface area contributed by atoms with E-state index in [4.69, 9.17) is 4.74 Å². The number of nitro groups is 1. The Kier molecular flexibility index (Phi) is 6.14. The highest BCUT2D eigenvalue weighted by Gasteiger charge is 2.43.